The van der Waals surface area contributed by atoms with E-state index < -0.39 is 5.66 Å². The van der Waals surface area contributed by atoms with Crippen LogP contribution in [0.15, 0.2) is 23.1 Å². The summed E-state index contributed by atoms with van der Waals surface area (Å²) in [7, 11) is 0. The average Bonchev–Trinajstić information content (AvgIpc) is 1.64. The van der Waals surface area contributed by atoms with Crippen molar-refractivity contribution in [2.75, 3.05) is 0 Å². The zero-order chi connectivity index (χ0) is 7.33. The first-order valence-electron chi connectivity index (χ1n) is 2.60. The molecule has 0 aliphatic rings. The van der Waals surface area contributed by atoms with Crippen LogP contribution in [0.1, 0.15) is 13.8 Å². The van der Waals surface area contributed by atoms with Crippen molar-refractivity contribution in [3.63, 3.8) is 0 Å². The van der Waals surface area contributed by atoms with Crippen LogP contribution in [0.5, 0.6) is 0 Å². The number of nitrogens with zero attached hydrogens (tertiary/aromatic N) is 2. The van der Waals surface area contributed by atoms with Gasteiger partial charge in [0.2, 0.25) is 0 Å². The van der Waals surface area contributed by atoms with Crippen molar-refractivity contribution in [2.24, 2.45) is 9.98 Å². The predicted molar refractivity (Wildman–Crippen MR) is 40.2 cm³/mol. The Hall–Kier alpha value is -1.10. The molecule has 0 aliphatic carbocycles. The highest BCUT2D eigenvalue weighted by Crippen LogP contribution is 2.06. The molecule has 0 aromatic rings. The van der Waals surface area contributed by atoms with Gasteiger partial charge in [-0.2, -0.15) is 0 Å². The van der Waals surface area contributed by atoms with Crippen LogP contribution in [0, 0.1) is 0 Å². The Bertz CT molecular complexity index is 159. The van der Waals surface area contributed by atoms with E-state index in [1.807, 2.05) is 13.8 Å². The lowest BCUT2D eigenvalue weighted by Crippen LogP contribution is -2.10. The fraction of sp³-hybridized carbons (Fsp3) is 0.429. The van der Waals surface area contributed by atoms with Gasteiger partial charge in [0.25, 0.3) is 0 Å². The molecule has 0 aliphatic heterocycles. The van der Waals surface area contributed by atoms with Crippen molar-refractivity contribution in [3.05, 3.63) is 13.2 Å². The smallest absolute Gasteiger partial charge is 0.162 e. The lowest BCUT2D eigenvalue weighted by atomic mass is 10.3. The molecule has 0 fully saturated rings. The highest BCUT2D eigenvalue weighted by atomic mass is 15.0. The van der Waals surface area contributed by atoms with Crippen LogP contribution >= 0.6 is 0 Å². The largest absolute Gasteiger partial charge is 0.213 e. The number of hydrogen-bond acceptors (Lipinski definition) is 2. The van der Waals surface area contributed by atoms with Crippen LogP contribution in [-0.4, -0.2) is 17.4 Å². The molecule has 0 saturated carbocycles. The molecular formula is C7H10N2. The predicted octanol–water partition coefficient (Wildman–Crippen LogP) is 1.43. The standard InChI is InChI=1S/C7H10N2/c1-5-8-7(3,4)9-6-2/h1-2H2,3-4H3. The van der Waals surface area contributed by atoms with Crippen molar-refractivity contribution in [3.8, 4) is 0 Å². The van der Waals surface area contributed by atoms with E-state index in [9.17, 15) is 0 Å². The van der Waals surface area contributed by atoms with Crippen LogP contribution in [0.25, 0.3) is 0 Å². The van der Waals surface area contributed by atoms with E-state index in [4.69, 9.17) is 0 Å². The van der Waals surface area contributed by atoms with E-state index >= 15 is 0 Å². The summed E-state index contributed by atoms with van der Waals surface area (Å²) in [6, 6.07) is 0. The number of aliphatic imine (C=N–C) groups is 2. The van der Waals surface area contributed by atoms with Gasteiger partial charge in [-0.1, -0.05) is 0 Å². The van der Waals surface area contributed by atoms with Crippen molar-refractivity contribution in [1.82, 2.24) is 0 Å². The Labute approximate surface area is 55.3 Å². The lowest BCUT2D eigenvalue weighted by Gasteiger charge is -2.07. The highest BCUT2D eigenvalue weighted by molar-refractivity contribution is 5.50. The van der Waals surface area contributed by atoms with E-state index in [0.29, 0.717) is 0 Å². The van der Waals surface area contributed by atoms with Gasteiger partial charge in [0.15, 0.2) is 5.66 Å². The second-order valence-corrected chi connectivity index (χ2v) is 2.03. The van der Waals surface area contributed by atoms with E-state index in [-0.39, 0.29) is 0 Å². The SMILES string of the molecule is C=C=NC(C)(C)N=C=C. The molecule has 0 bridgehead atoms. The van der Waals surface area contributed by atoms with Gasteiger partial charge in [-0.3, -0.25) is 0 Å². The minimum atomic E-state index is -0.497. The van der Waals surface area contributed by atoms with Crippen LogP contribution < -0.4 is 0 Å². The summed E-state index contributed by atoms with van der Waals surface area (Å²) in [6.45, 7) is 10.3. The summed E-state index contributed by atoms with van der Waals surface area (Å²) < 4.78 is 0. The zero-order valence-electron chi connectivity index (χ0n) is 5.81. The molecule has 0 unspecified atom stereocenters. The van der Waals surface area contributed by atoms with E-state index in [0.717, 1.165) is 0 Å². The fourth-order valence-electron chi connectivity index (χ4n) is 0.412. The van der Waals surface area contributed by atoms with Crippen molar-refractivity contribution in [1.29, 1.82) is 0 Å². The molecule has 0 saturated heterocycles. The molecule has 0 radical (unpaired) electrons. The van der Waals surface area contributed by atoms with Gasteiger partial charge in [-0.15, -0.1) is 0 Å². The Balaban J connectivity index is 4.36. The van der Waals surface area contributed by atoms with Crippen LogP contribution in [0.4, 0.5) is 0 Å². The molecule has 0 atom stereocenters. The van der Waals surface area contributed by atoms with Crippen LogP contribution in [-0.2, 0) is 0 Å². The second kappa shape index (κ2) is 3.03. The first kappa shape index (κ1) is 7.90. The third-order valence-corrected chi connectivity index (χ3v) is 0.705. The maximum absolute atomic E-state index is 3.82. The molecule has 0 spiro atoms. The molecule has 0 aromatic heterocycles. The molecule has 2 heteroatoms. The van der Waals surface area contributed by atoms with Gasteiger partial charge >= 0.3 is 0 Å². The van der Waals surface area contributed by atoms with Crippen molar-refractivity contribution in [2.45, 2.75) is 19.5 Å². The van der Waals surface area contributed by atoms with E-state index in [2.05, 4.69) is 34.9 Å². The summed E-state index contributed by atoms with van der Waals surface area (Å²) >= 11 is 0. The normalized spacial score (nSPS) is 9.11. The van der Waals surface area contributed by atoms with Gasteiger partial charge in [0, 0.05) is 0 Å². The van der Waals surface area contributed by atoms with Gasteiger partial charge < -0.3 is 0 Å². The van der Waals surface area contributed by atoms with Gasteiger partial charge in [-0.05, 0) is 38.7 Å². The summed E-state index contributed by atoms with van der Waals surface area (Å²) in [5.41, 5.74) is -0.497. The monoisotopic (exact) mass is 122 g/mol. The minimum Gasteiger partial charge on any atom is -0.213 e. The molecule has 0 amide bonds. The summed E-state index contributed by atoms with van der Waals surface area (Å²) in [5, 5.41) is 0. The average molecular weight is 122 g/mol. The first-order chi connectivity index (χ1) is 4.12. The Kier molecular flexibility index (Phi) is 2.66. The van der Waals surface area contributed by atoms with E-state index in [1.165, 1.54) is 0 Å². The maximum Gasteiger partial charge on any atom is 0.162 e. The van der Waals surface area contributed by atoms with E-state index in [1.54, 1.807) is 0 Å². The molecule has 0 heterocycles. The lowest BCUT2D eigenvalue weighted by molar-refractivity contribution is 0.561. The fourth-order valence-corrected chi connectivity index (χ4v) is 0.412. The molecule has 0 aromatic carbocycles. The van der Waals surface area contributed by atoms with Crippen molar-refractivity contribution < 1.29 is 0 Å². The second-order valence-electron chi connectivity index (χ2n) is 2.03. The Morgan fingerprint density at radius 2 is 1.44 bits per heavy atom. The molecule has 48 valence electrons. The third-order valence-electron chi connectivity index (χ3n) is 0.705. The van der Waals surface area contributed by atoms with Crippen molar-refractivity contribution >= 4 is 11.7 Å². The zero-order valence-corrected chi connectivity index (χ0v) is 5.81. The Morgan fingerprint density at radius 3 is 1.67 bits per heavy atom. The Morgan fingerprint density at radius 1 is 1.11 bits per heavy atom. The van der Waals surface area contributed by atoms with Gasteiger partial charge in [-0.25, -0.2) is 9.98 Å². The molecule has 0 N–H and O–H groups in total. The quantitative estimate of drug-likeness (QED) is 0.495. The third kappa shape index (κ3) is 3.48. The molecule has 9 heavy (non-hydrogen) atoms. The summed E-state index contributed by atoms with van der Waals surface area (Å²) in [4.78, 5) is 7.63. The number of rotatable bonds is 2. The molecule has 2 nitrogen and oxygen atoms in total. The van der Waals surface area contributed by atoms with Crippen LogP contribution in [0.3, 0.4) is 0 Å². The topological polar surface area (TPSA) is 24.7 Å². The first-order valence-corrected chi connectivity index (χ1v) is 2.60. The maximum atomic E-state index is 3.82. The molecular weight excluding hydrogens is 112 g/mol. The summed E-state index contributed by atoms with van der Waals surface area (Å²) in [5.74, 6) is 4.81. The highest BCUT2D eigenvalue weighted by Gasteiger charge is 2.09. The summed E-state index contributed by atoms with van der Waals surface area (Å²) in [6.07, 6.45) is 0. The molecule has 0 rings (SSSR count). The van der Waals surface area contributed by atoms with Gasteiger partial charge in [0.05, 0.1) is 0 Å². The number of hydrogen-bond donors (Lipinski definition) is 0. The minimum absolute atomic E-state index is 0.497. The van der Waals surface area contributed by atoms with Crippen LogP contribution in [0.2, 0.25) is 0 Å². The van der Waals surface area contributed by atoms with Gasteiger partial charge in [0.1, 0.15) is 0 Å².